The van der Waals surface area contributed by atoms with E-state index >= 15 is 0 Å². The van der Waals surface area contributed by atoms with E-state index in [0.29, 0.717) is 29.4 Å². The van der Waals surface area contributed by atoms with Crippen LogP contribution in [0.2, 0.25) is 0 Å². The van der Waals surface area contributed by atoms with Crippen LogP contribution in [-0.2, 0) is 17.8 Å². The molecule has 180 valence electrons. The summed E-state index contributed by atoms with van der Waals surface area (Å²) in [5.41, 5.74) is 3.56. The van der Waals surface area contributed by atoms with Crippen LogP contribution in [0.3, 0.4) is 0 Å². The molecule has 4 rings (SSSR count). The molecule has 0 heterocycles. The molecule has 0 spiro atoms. The lowest BCUT2D eigenvalue weighted by Gasteiger charge is -2.15. The smallest absolute Gasteiger partial charge is 0.266 e. The molecule has 1 amide bonds. The van der Waals surface area contributed by atoms with E-state index in [9.17, 15) is 10.1 Å². The number of carbonyl (C=O) groups is 1. The van der Waals surface area contributed by atoms with E-state index in [-0.39, 0.29) is 5.57 Å². The van der Waals surface area contributed by atoms with Gasteiger partial charge in [0.15, 0.2) is 11.5 Å². The summed E-state index contributed by atoms with van der Waals surface area (Å²) in [7, 11) is 1.57. The highest BCUT2D eigenvalue weighted by atomic mass is 127. The van der Waals surface area contributed by atoms with Gasteiger partial charge < -0.3 is 14.8 Å². The van der Waals surface area contributed by atoms with Crippen LogP contribution >= 0.6 is 22.6 Å². The number of nitriles is 1. The molecule has 0 bridgehead atoms. The minimum Gasteiger partial charge on any atom is -0.493 e. The lowest BCUT2D eigenvalue weighted by atomic mass is 10.1. The average Bonchev–Trinajstić information content (AvgIpc) is 2.91. The van der Waals surface area contributed by atoms with Gasteiger partial charge in [-0.2, -0.15) is 5.26 Å². The summed E-state index contributed by atoms with van der Waals surface area (Å²) in [5.74, 6) is 0.676. The Kier molecular flexibility index (Phi) is 8.24. The maximum atomic E-state index is 12.7. The number of benzene rings is 4. The van der Waals surface area contributed by atoms with Gasteiger partial charge in [0.25, 0.3) is 5.91 Å². The van der Waals surface area contributed by atoms with Crippen LogP contribution in [0.4, 0.5) is 5.69 Å². The van der Waals surface area contributed by atoms with Gasteiger partial charge in [0, 0.05) is 5.69 Å². The van der Waals surface area contributed by atoms with Crippen molar-refractivity contribution in [2.75, 3.05) is 12.4 Å². The monoisotopic (exact) mass is 588 g/mol. The predicted molar refractivity (Wildman–Crippen MR) is 152 cm³/mol. The average molecular weight is 588 g/mol. The zero-order valence-corrected chi connectivity index (χ0v) is 22.2. The molecule has 0 aliphatic rings. The van der Waals surface area contributed by atoms with Crippen molar-refractivity contribution in [2.45, 2.75) is 20.0 Å². The standard InChI is InChI=1S/C30H25IN2O3/c1-3-20-11-13-25(14-12-20)33-30(34)24(18-32)15-21-16-27(31)29(28(17-21)35-2)36-19-23-9-6-8-22-7-4-5-10-26(22)23/h4-17H,3,19H2,1-2H3,(H,33,34)/b24-15+. The van der Waals surface area contributed by atoms with E-state index in [1.807, 2.05) is 60.7 Å². The van der Waals surface area contributed by atoms with Gasteiger partial charge in [-0.3, -0.25) is 4.79 Å². The Morgan fingerprint density at radius 1 is 1.06 bits per heavy atom. The van der Waals surface area contributed by atoms with E-state index < -0.39 is 5.91 Å². The van der Waals surface area contributed by atoms with Crippen LogP contribution in [0.25, 0.3) is 16.8 Å². The van der Waals surface area contributed by atoms with E-state index in [1.54, 1.807) is 19.3 Å². The number of anilines is 1. The number of nitrogens with zero attached hydrogens (tertiary/aromatic N) is 1. The third kappa shape index (κ3) is 5.86. The van der Waals surface area contributed by atoms with E-state index in [2.05, 4.69) is 53.0 Å². The summed E-state index contributed by atoms with van der Waals surface area (Å²) in [6, 6.07) is 27.5. The van der Waals surface area contributed by atoms with Crippen molar-refractivity contribution in [2.24, 2.45) is 0 Å². The Hall–Kier alpha value is -3.83. The number of carbonyl (C=O) groups excluding carboxylic acids is 1. The van der Waals surface area contributed by atoms with Crippen molar-refractivity contribution in [3.8, 4) is 17.6 Å². The topological polar surface area (TPSA) is 71.4 Å². The first kappa shape index (κ1) is 25.3. The second-order valence-corrected chi connectivity index (χ2v) is 9.30. The molecule has 36 heavy (non-hydrogen) atoms. The molecule has 4 aromatic rings. The van der Waals surface area contributed by atoms with Crippen LogP contribution < -0.4 is 14.8 Å². The molecular formula is C30H25IN2O3. The Morgan fingerprint density at radius 2 is 1.81 bits per heavy atom. The number of halogens is 1. The molecule has 0 saturated heterocycles. The summed E-state index contributed by atoms with van der Waals surface area (Å²) in [6.45, 7) is 2.45. The highest BCUT2D eigenvalue weighted by Gasteiger charge is 2.15. The molecule has 0 radical (unpaired) electrons. The molecule has 1 N–H and O–H groups in total. The fourth-order valence-corrected chi connectivity index (χ4v) is 4.65. The van der Waals surface area contributed by atoms with Crippen LogP contribution in [0.15, 0.2) is 84.4 Å². The third-order valence-corrected chi connectivity index (χ3v) is 6.60. The number of ether oxygens (including phenoxy) is 2. The lowest BCUT2D eigenvalue weighted by molar-refractivity contribution is -0.112. The van der Waals surface area contributed by atoms with Crippen LogP contribution in [0.5, 0.6) is 11.5 Å². The van der Waals surface area contributed by atoms with Crippen molar-refractivity contribution in [3.63, 3.8) is 0 Å². The number of aryl methyl sites for hydroxylation is 1. The van der Waals surface area contributed by atoms with Gasteiger partial charge in [-0.25, -0.2) is 0 Å². The zero-order chi connectivity index (χ0) is 25.5. The maximum absolute atomic E-state index is 12.7. The summed E-state index contributed by atoms with van der Waals surface area (Å²) < 4.78 is 12.6. The summed E-state index contributed by atoms with van der Waals surface area (Å²) in [4.78, 5) is 12.7. The molecule has 0 atom stereocenters. The van der Waals surface area contributed by atoms with Crippen molar-refractivity contribution < 1.29 is 14.3 Å². The summed E-state index contributed by atoms with van der Waals surface area (Å²) in [5, 5.41) is 14.7. The highest BCUT2D eigenvalue weighted by molar-refractivity contribution is 14.1. The first-order valence-corrected chi connectivity index (χ1v) is 12.6. The number of methoxy groups -OCH3 is 1. The lowest BCUT2D eigenvalue weighted by Crippen LogP contribution is -2.13. The number of fused-ring (bicyclic) bond motifs is 1. The van der Waals surface area contributed by atoms with Crippen molar-refractivity contribution >= 4 is 51.0 Å². The molecule has 6 heteroatoms. The Balaban J connectivity index is 1.55. The van der Waals surface area contributed by atoms with E-state index in [0.717, 1.165) is 26.3 Å². The van der Waals surface area contributed by atoms with Gasteiger partial charge in [-0.15, -0.1) is 0 Å². The predicted octanol–water partition coefficient (Wildman–Crippen LogP) is 7.14. The number of rotatable bonds is 8. The molecule has 0 unspecified atom stereocenters. The number of hydrogen-bond acceptors (Lipinski definition) is 4. The van der Waals surface area contributed by atoms with Crippen LogP contribution in [0, 0.1) is 14.9 Å². The first-order valence-electron chi connectivity index (χ1n) is 11.5. The highest BCUT2D eigenvalue weighted by Crippen LogP contribution is 2.35. The quantitative estimate of drug-likeness (QED) is 0.135. The molecule has 0 aliphatic carbocycles. The van der Waals surface area contributed by atoms with Gasteiger partial charge in [0.2, 0.25) is 0 Å². The molecular weight excluding hydrogens is 563 g/mol. The summed E-state index contributed by atoms with van der Waals surface area (Å²) >= 11 is 2.18. The summed E-state index contributed by atoms with van der Waals surface area (Å²) in [6.07, 6.45) is 2.47. The second-order valence-electron chi connectivity index (χ2n) is 8.14. The van der Waals surface area contributed by atoms with E-state index in [4.69, 9.17) is 9.47 Å². The third-order valence-electron chi connectivity index (χ3n) is 5.80. The fraction of sp³-hybridized carbons (Fsp3) is 0.133. The largest absolute Gasteiger partial charge is 0.493 e. The SMILES string of the molecule is CCc1ccc(NC(=O)/C(C#N)=C/c2cc(I)c(OCc3cccc4ccccc34)c(OC)c2)cc1. The maximum Gasteiger partial charge on any atom is 0.266 e. The molecule has 0 saturated carbocycles. The van der Waals surface area contributed by atoms with Crippen LogP contribution in [-0.4, -0.2) is 13.0 Å². The van der Waals surface area contributed by atoms with Gasteiger partial charge >= 0.3 is 0 Å². The number of nitrogens with one attached hydrogen (secondary N) is 1. The van der Waals surface area contributed by atoms with Crippen molar-refractivity contribution in [1.82, 2.24) is 0 Å². The minimum absolute atomic E-state index is 0.00292. The Morgan fingerprint density at radius 3 is 2.53 bits per heavy atom. The molecule has 5 nitrogen and oxygen atoms in total. The van der Waals surface area contributed by atoms with E-state index in [1.165, 1.54) is 5.56 Å². The molecule has 0 aliphatic heterocycles. The molecule has 0 fully saturated rings. The normalized spacial score (nSPS) is 11.1. The molecule has 0 aromatic heterocycles. The van der Waals surface area contributed by atoms with Crippen molar-refractivity contribution in [1.29, 1.82) is 5.26 Å². The van der Waals surface area contributed by atoms with Crippen molar-refractivity contribution in [3.05, 3.63) is 105 Å². The van der Waals surface area contributed by atoms with Gasteiger partial charge in [0.1, 0.15) is 18.2 Å². The number of amides is 1. The Labute approximate surface area is 224 Å². The molecule has 4 aromatic carbocycles. The second kappa shape index (κ2) is 11.7. The van der Waals surface area contributed by atoms with Gasteiger partial charge in [-0.05, 0) is 86.8 Å². The Bertz CT molecular complexity index is 1470. The number of hydrogen-bond donors (Lipinski definition) is 1. The fourth-order valence-electron chi connectivity index (χ4n) is 3.87. The van der Waals surface area contributed by atoms with Crippen LogP contribution in [0.1, 0.15) is 23.6 Å². The zero-order valence-electron chi connectivity index (χ0n) is 20.0. The minimum atomic E-state index is -0.466. The first-order chi connectivity index (χ1) is 17.5. The van der Waals surface area contributed by atoms with Gasteiger partial charge in [-0.1, -0.05) is 61.5 Å². The van der Waals surface area contributed by atoms with Gasteiger partial charge in [0.05, 0.1) is 10.7 Å².